The largest absolute Gasteiger partial charge is 0.550 e. The van der Waals surface area contributed by atoms with E-state index in [0.717, 1.165) is 24.8 Å². The van der Waals surface area contributed by atoms with E-state index in [1.54, 1.807) is 52.3 Å². The molecular formula is C66H102N17O23S-. The molecule has 107 heavy (non-hydrogen) atoms. The zero-order valence-electron chi connectivity index (χ0n) is 61.0. The van der Waals surface area contributed by atoms with Crippen LogP contribution in [0, 0.1) is 17.8 Å². The predicted molar refractivity (Wildman–Crippen MR) is 374 cm³/mol. The highest BCUT2D eigenvalue weighted by Crippen LogP contribution is 2.24. The Balaban J connectivity index is 1.73. The van der Waals surface area contributed by atoms with Crippen molar-refractivity contribution in [2.45, 2.75) is 191 Å². The van der Waals surface area contributed by atoms with Crippen molar-refractivity contribution in [3.8, 4) is 0 Å². The number of nitrogens with two attached hydrogens (primary N) is 1. The number of thioether (sulfide) groups is 1. The molecule has 2 aromatic rings. The van der Waals surface area contributed by atoms with Crippen molar-refractivity contribution in [2.75, 3.05) is 51.5 Å². The maximum atomic E-state index is 14.8. The summed E-state index contributed by atoms with van der Waals surface area (Å²) < 4.78 is 0. The number of amides is 15. The number of nitrogens with one attached hydrogen (secondary N) is 14. The normalized spacial score (nSPS) is 16.6. The number of benzene rings is 1. The maximum Gasteiger partial charge on any atom is 0.281 e. The van der Waals surface area contributed by atoms with Gasteiger partial charge < -0.3 is 131 Å². The lowest BCUT2D eigenvalue weighted by Crippen LogP contribution is -2.71. The molecule has 1 aromatic heterocycles. The van der Waals surface area contributed by atoms with E-state index in [0.29, 0.717) is 17.7 Å². The minimum Gasteiger partial charge on any atom is -0.550 e. The third-order valence-electron chi connectivity index (χ3n) is 17.3. The number of aliphatic carboxylic acids is 2. The number of likely N-dealkylation sites (tertiary alicyclic amines) is 1. The van der Waals surface area contributed by atoms with E-state index in [2.05, 4.69) is 79.8 Å². The molecule has 0 bridgehead atoms. The third-order valence-corrected chi connectivity index (χ3v) is 17.9. The number of carboxylic acids is 2. The summed E-state index contributed by atoms with van der Waals surface area (Å²) in [5.74, 6) is -20.4. The molecule has 0 unspecified atom stereocenters. The number of quaternary nitrogens is 1. The fourth-order valence-electron chi connectivity index (χ4n) is 10.8. The topological polar surface area (TPSA) is 646 Å². The number of rotatable bonds is 46. The Labute approximate surface area is 620 Å². The molecule has 1 fully saturated rings. The van der Waals surface area contributed by atoms with Gasteiger partial charge in [0, 0.05) is 36.0 Å². The number of nitrogens with zero attached hydrogens (tertiary/aromatic N) is 1. The first kappa shape index (κ1) is 91.1. The van der Waals surface area contributed by atoms with Crippen LogP contribution in [0.4, 0.5) is 0 Å². The Hall–Kier alpha value is -10.1. The zero-order chi connectivity index (χ0) is 80.7. The zero-order valence-corrected chi connectivity index (χ0v) is 61.8. The van der Waals surface area contributed by atoms with Gasteiger partial charge in [0.15, 0.2) is 6.04 Å². The molecule has 0 radical (unpaired) electrons. The van der Waals surface area contributed by atoms with Crippen molar-refractivity contribution < 1.29 is 118 Å². The van der Waals surface area contributed by atoms with Crippen molar-refractivity contribution in [1.82, 2.24) is 79.0 Å². The van der Waals surface area contributed by atoms with Gasteiger partial charge in [-0.05, 0) is 87.3 Å². The van der Waals surface area contributed by atoms with Crippen LogP contribution in [0.5, 0.6) is 0 Å². The standard InChI is InChI=1S/C66H103N17O23S/c1-10-32(6)52(81-59(98)41(22-35-24-69-38-15-12-11-14-36(35)38)75-62(101)50(30(2)3)79-55(94)37(67)27-84)65(104)83-20-13-16-45(83)61(100)80-51(31(4)5)63(102)76-42(23-46(68)88)58(97)74-39(17-18-49(91)92)56(95)70-25-47(89)72-33(7)54(93)77-44(29-86)60(99)82-53(34(8)87)64(103)78-43(28-85)57(96)71-26-48(90)73-40(66(105)106)19-21-107-9/h11-12,14-15,24,30-34,37,39-45,50-53,69,84-87H,10,13,16-23,25-29,67H2,1-9H3,(H2,68,88)(H,70,95)(H,71,96)(H,72,89)(H,73,90)(H,74,97)(H,75,101)(H,76,102)(H,77,93)(H,78,103)(H,79,94)(H,80,100)(H,81,98)(H,82,99)(H,91,92)(H,105,106)/p-1/t32-,33-,34+,37-,39-,40-,41-,42-,43-,44-,45-,50-,51-,52-,53-/m0/s1. The van der Waals surface area contributed by atoms with Crippen LogP contribution in [0.15, 0.2) is 30.5 Å². The Morgan fingerprint density at radius 1 is 0.589 bits per heavy atom. The van der Waals surface area contributed by atoms with E-state index in [9.17, 15) is 112 Å². The van der Waals surface area contributed by atoms with Crippen molar-refractivity contribution in [1.29, 1.82) is 0 Å². The van der Waals surface area contributed by atoms with Crippen molar-refractivity contribution >= 4 is 123 Å². The average molecular weight is 1530 g/mol. The summed E-state index contributed by atoms with van der Waals surface area (Å²) in [6.45, 7) is 7.28. The number of hydrogen-bond acceptors (Lipinski definition) is 24. The number of aromatic nitrogens is 1. The molecule has 1 saturated heterocycles. The number of carbonyl (C=O) groups excluding carboxylic acids is 17. The number of carbonyl (C=O) groups is 17. The van der Waals surface area contributed by atoms with Crippen molar-refractivity contribution in [3.63, 3.8) is 0 Å². The summed E-state index contributed by atoms with van der Waals surface area (Å²) in [4.78, 5) is 230. The number of H-pyrrole nitrogens is 1. The summed E-state index contributed by atoms with van der Waals surface area (Å²) >= 11 is 1.30. The highest BCUT2D eigenvalue weighted by Gasteiger charge is 2.43. The van der Waals surface area contributed by atoms with Gasteiger partial charge in [0.25, 0.3) is 5.91 Å². The Bertz CT molecular complexity index is 3490. The fraction of sp³-hybridized carbons (Fsp3) is 0.621. The molecule has 15 amide bonds. The summed E-state index contributed by atoms with van der Waals surface area (Å²) in [6, 6.07) is -12.9. The molecule has 0 saturated carbocycles. The Morgan fingerprint density at radius 3 is 1.64 bits per heavy atom. The Kier molecular flexibility index (Phi) is 38.1. The number of hydrogen-bond donors (Lipinski definition) is 20. The number of primary amides is 1. The van der Waals surface area contributed by atoms with Gasteiger partial charge in [0.1, 0.15) is 73.1 Å². The molecule has 0 aliphatic carbocycles. The average Bonchev–Trinajstić information content (AvgIpc) is 1.68. The molecule has 1 aliphatic heterocycles. The molecule has 596 valence electrons. The number of carboxylic acid groups (broad SMARTS) is 2. The number of aliphatic hydroxyl groups is 4. The lowest BCUT2D eigenvalue weighted by molar-refractivity contribution is -0.409. The van der Waals surface area contributed by atoms with Crippen LogP contribution in [0.25, 0.3) is 10.9 Å². The maximum absolute atomic E-state index is 14.8. The number of aliphatic hydroxyl groups excluding tert-OH is 4. The lowest BCUT2D eigenvalue weighted by Gasteiger charge is -2.33. The molecule has 1 aromatic carbocycles. The first-order chi connectivity index (χ1) is 50.3. The second kappa shape index (κ2) is 44.8. The van der Waals surface area contributed by atoms with Gasteiger partial charge in [0.05, 0.1) is 50.8 Å². The van der Waals surface area contributed by atoms with Gasteiger partial charge in [-0.3, -0.25) is 71.9 Å². The van der Waals surface area contributed by atoms with Gasteiger partial charge in [-0.25, -0.2) is 0 Å². The molecule has 40 nitrogen and oxygen atoms in total. The van der Waals surface area contributed by atoms with E-state index < -0.39 is 255 Å². The van der Waals surface area contributed by atoms with Crippen LogP contribution in [-0.4, -0.2) is 267 Å². The minimum absolute atomic E-state index is 0.00126. The van der Waals surface area contributed by atoms with Gasteiger partial charge in [-0.15, -0.1) is 0 Å². The smallest absolute Gasteiger partial charge is 0.281 e. The summed E-state index contributed by atoms with van der Waals surface area (Å²) in [5, 5.41) is 93.6. The molecule has 2 heterocycles. The Morgan fingerprint density at radius 2 is 1.09 bits per heavy atom. The summed E-state index contributed by atoms with van der Waals surface area (Å²) in [6.07, 6.45) is -0.342. The van der Waals surface area contributed by atoms with Gasteiger partial charge in [-0.1, -0.05) is 66.2 Å². The molecule has 23 N–H and O–H groups in total. The van der Waals surface area contributed by atoms with E-state index >= 15 is 0 Å². The quantitative estimate of drug-likeness (QED) is 0.0293. The van der Waals surface area contributed by atoms with E-state index in [4.69, 9.17) is 5.73 Å². The third kappa shape index (κ3) is 29.0. The number of aromatic amines is 1. The molecule has 1 aliphatic rings. The lowest BCUT2D eigenvalue weighted by atomic mass is 9.95. The highest BCUT2D eigenvalue weighted by molar-refractivity contribution is 7.98. The fourth-order valence-corrected chi connectivity index (χ4v) is 11.3. The first-order valence-corrected chi connectivity index (χ1v) is 36.0. The van der Waals surface area contributed by atoms with Crippen LogP contribution < -0.4 is 90.8 Å². The van der Waals surface area contributed by atoms with Gasteiger partial charge in [0.2, 0.25) is 82.7 Å². The number of fused-ring (bicyclic) bond motifs is 1. The van der Waals surface area contributed by atoms with Crippen molar-refractivity contribution in [3.05, 3.63) is 36.0 Å². The first-order valence-electron chi connectivity index (χ1n) is 34.6. The molecule has 3 rings (SSSR count). The van der Waals surface area contributed by atoms with E-state index in [1.165, 1.54) is 30.5 Å². The highest BCUT2D eigenvalue weighted by atomic mass is 32.2. The van der Waals surface area contributed by atoms with Crippen LogP contribution in [0.1, 0.15) is 106 Å². The molecular weight excluding hydrogens is 1430 g/mol. The molecule has 0 spiro atoms. The molecule has 15 atom stereocenters. The monoisotopic (exact) mass is 1530 g/mol. The van der Waals surface area contributed by atoms with Crippen LogP contribution in [0.3, 0.4) is 0 Å². The van der Waals surface area contributed by atoms with Crippen LogP contribution in [-0.2, 0) is 87.9 Å². The number of para-hydroxylation sites is 1. The SMILES string of the molecule is CC[C@H](C)[C@H](NC(=O)[C@H](Cc1c[nH]c2ccccc12)NC(=O)[C@@H](NC(=O)[C@@H]([NH3+])CO)C(C)C)C(=O)N1CCC[C@H]1C(=O)N[C@H](C(=O)N[C@@H](CC(N)=O)C(=O)N[C@@H](CCC(=O)[O-])C(=O)NCC(=O)N[C@@H](C)C(=O)N[C@@H](CO)C(=O)N[C@H](C(=O)N[C@@H](CO)C(=O)NCC(=O)N[C@@H](CCSC)C(=O)[O-])[C@@H](C)O)C(C)C. The van der Waals surface area contributed by atoms with Gasteiger partial charge >= 0.3 is 0 Å². The predicted octanol–water partition coefficient (Wildman–Crippen LogP) is -11.5. The van der Waals surface area contributed by atoms with Crippen molar-refractivity contribution in [2.24, 2.45) is 23.5 Å². The summed E-state index contributed by atoms with van der Waals surface area (Å²) in [7, 11) is 0. The van der Waals surface area contributed by atoms with E-state index in [1.807, 2.05) is 12.1 Å². The second-order valence-electron chi connectivity index (χ2n) is 26.4. The second-order valence-corrected chi connectivity index (χ2v) is 27.4. The van der Waals surface area contributed by atoms with Crippen LogP contribution >= 0.6 is 11.8 Å². The van der Waals surface area contributed by atoms with E-state index in [-0.39, 0.29) is 32.2 Å². The summed E-state index contributed by atoms with van der Waals surface area (Å²) in [5.41, 5.74) is 10.4. The molecule has 41 heteroatoms. The van der Waals surface area contributed by atoms with Crippen LogP contribution in [0.2, 0.25) is 0 Å². The minimum atomic E-state index is -1.94. The van der Waals surface area contributed by atoms with Gasteiger partial charge in [-0.2, -0.15) is 11.8 Å².